The molecule has 2 aliphatic rings. The van der Waals surface area contributed by atoms with Crippen LogP contribution in [0.2, 0.25) is 0 Å². The Bertz CT molecular complexity index is 583. The normalized spacial score (nSPS) is 35.0. The smallest absolute Gasteiger partial charge is 0.378 e. The van der Waals surface area contributed by atoms with Crippen LogP contribution in [0.1, 0.15) is 33.6 Å². The number of carbonyl (C=O) groups excluding carboxylic acids is 2. The van der Waals surface area contributed by atoms with Gasteiger partial charge in [0.15, 0.2) is 0 Å². The van der Waals surface area contributed by atoms with E-state index < -0.39 is 58.0 Å². The summed E-state index contributed by atoms with van der Waals surface area (Å²) in [6.07, 6.45) is -2.61. The topological polar surface area (TPSA) is 89.9 Å². The number of hydrogen-bond donors (Lipinski definition) is 1. The third-order valence-corrected chi connectivity index (χ3v) is 5.64. The molecule has 1 saturated heterocycles. The second-order valence-electron chi connectivity index (χ2n) is 6.80. The lowest BCUT2D eigenvalue weighted by Crippen LogP contribution is -2.47. The molecule has 0 radical (unpaired) electrons. The summed E-state index contributed by atoms with van der Waals surface area (Å²) < 4.78 is 68.2. The van der Waals surface area contributed by atoms with Crippen LogP contribution >= 0.6 is 0 Å². The van der Waals surface area contributed by atoms with Gasteiger partial charge in [-0.15, -0.1) is 0 Å². The molecule has 2 bridgehead atoms. The summed E-state index contributed by atoms with van der Waals surface area (Å²) in [6, 6.07) is 0. The highest BCUT2D eigenvalue weighted by molar-refractivity contribution is 7.80. The maximum absolute atomic E-state index is 13.4. The second kappa shape index (κ2) is 5.98. The predicted molar refractivity (Wildman–Crippen MR) is 76.1 cm³/mol. The Morgan fingerprint density at radius 2 is 2.08 bits per heavy atom. The Kier molecular flexibility index (Phi) is 4.77. The van der Waals surface area contributed by atoms with Gasteiger partial charge in [-0.2, -0.15) is 8.78 Å². The molecule has 1 aliphatic carbocycles. The van der Waals surface area contributed by atoms with Gasteiger partial charge in [-0.25, -0.2) is 13.4 Å². The maximum Gasteiger partial charge on any atom is 0.378 e. The molecule has 10 heteroatoms. The molecule has 24 heavy (non-hydrogen) atoms. The molecule has 5 unspecified atom stereocenters. The molecule has 138 valence electrons. The molecule has 1 saturated carbocycles. The van der Waals surface area contributed by atoms with Crippen LogP contribution in [0.5, 0.6) is 0 Å². The van der Waals surface area contributed by atoms with Crippen molar-refractivity contribution in [3.63, 3.8) is 0 Å². The van der Waals surface area contributed by atoms with Crippen LogP contribution in [0, 0.1) is 17.3 Å². The zero-order valence-corrected chi connectivity index (χ0v) is 14.2. The van der Waals surface area contributed by atoms with E-state index in [0.29, 0.717) is 6.42 Å². The third-order valence-electron chi connectivity index (χ3n) is 4.92. The van der Waals surface area contributed by atoms with Gasteiger partial charge in [0.25, 0.3) is 0 Å². The zero-order chi connectivity index (χ0) is 18.5. The van der Waals surface area contributed by atoms with Crippen LogP contribution in [0.4, 0.5) is 13.2 Å². The van der Waals surface area contributed by atoms with Crippen molar-refractivity contribution in [2.45, 2.75) is 50.6 Å². The minimum Gasteiger partial charge on any atom is -0.459 e. The monoisotopic (exact) mass is 372 g/mol. The van der Waals surface area contributed by atoms with Gasteiger partial charge in [-0.1, -0.05) is 13.8 Å². The highest BCUT2D eigenvalue weighted by Crippen LogP contribution is 2.60. The van der Waals surface area contributed by atoms with Crippen LogP contribution in [0.25, 0.3) is 0 Å². The van der Waals surface area contributed by atoms with Gasteiger partial charge in [0.1, 0.15) is 6.61 Å². The molecule has 6 nitrogen and oxygen atoms in total. The van der Waals surface area contributed by atoms with Crippen LogP contribution < -0.4 is 0 Å². The molecule has 1 heterocycles. The Morgan fingerprint density at radius 1 is 1.50 bits per heavy atom. The van der Waals surface area contributed by atoms with Crippen molar-refractivity contribution >= 4 is 23.0 Å². The van der Waals surface area contributed by atoms with E-state index in [9.17, 15) is 27.0 Å². The Hall–Kier alpha value is -1.16. The molecule has 2 fully saturated rings. The number of halogens is 3. The van der Waals surface area contributed by atoms with E-state index in [1.165, 1.54) is 0 Å². The molecule has 0 aromatic heterocycles. The molecule has 0 spiro atoms. The standard InChI is InChI=1S/C14H19F3O6S/c1-7(2)9-12(3)4-5-13(9,23-10(12)18)11(19)22-6-8(15)14(16,17)24(20)21/h7-9H,4-6H2,1-3H3,(H,20,21). The SMILES string of the molecule is CC(C)C1C2(C)CCC1(C(=O)OCC(F)C(F)(F)S(=O)O)OC2=O. The van der Waals surface area contributed by atoms with Gasteiger partial charge < -0.3 is 14.0 Å². The number of esters is 2. The summed E-state index contributed by atoms with van der Waals surface area (Å²) in [6.45, 7) is 3.85. The average molecular weight is 372 g/mol. The van der Waals surface area contributed by atoms with Gasteiger partial charge in [0.05, 0.1) is 5.41 Å². The summed E-state index contributed by atoms with van der Waals surface area (Å²) >= 11 is -3.74. The van der Waals surface area contributed by atoms with Crippen molar-refractivity contribution in [1.29, 1.82) is 0 Å². The predicted octanol–water partition coefficient (Wildman–Crippen LogP) is 2.05. The lowest BCUT2D eigenvalue weighted by molar-refractivity contribution is -0.184. The van der Waals surface area contributed by atoms with E-state index in [1.54, 1.807) is 20.8 Å². The van der Waals surface area contributed by atoms with E-state index in [4.69, 9.17) is 9.29 Å². The molecular formula is C14H19F3O6S. The first kappa shape index (κ1) is 19.2. The number of hydrogen-bond acceptors (Lipinski definition) is 5. The minimum absolute atomic E-state index is 0.135. The van der Waals surface area contributed by atoms with Crippen LogP contribution in [0.15, 0.2) is 0 Å². The summed E-state index contributed by atoms with van der Waals surface area (Å²) in [5, 5.41) is -4.56. The number of ether oxygens (including phenoxy) is 2. The molecule has 1 N–H and O–H groups in total. The zero-order valence-electron chi connectivity index (χ0n) is 13.4. The lowest BCUT2D eigenvalue weighted by atomic mass is 9.72. The van der Waals surface area contributed by atoms with E-state index in [1.807, 2.05) is 0 Å². The van der Waals surface area contributed by atoms with Crippen molar-refractivity contribution in [3.05, 3.63) is 0 Å². The molecule has 1 aliphatic heterocycles. The molecule has 0 amide bonds. The average Bonchev–Trinajstić information content (AvgIpc) is 2.90. The third kappa shape index (κ3) is 2.63. The minimum atomic E-state index is -4.56. The van der Waals surface area contributed by atoms with Crippen molar-refractivity contribution in [1.82, 2.24) is 0 Å². The van der Waals surface area contributed by atoms with E-state index in [2.05, 4.69) is 4.74 Å². The molecule has 0 aromatic rings. The largest absolute Gasteiger partial charge is 0.459 e. The van der Waals surface area contributed by atoms with Gasteiger partial charge in [0, 0.05) is 5.92 Å². The Morgan fingerprint density at radius 3 is 2.54 bits per heavy atom. The van der Waals surface area contributed by atoms with Crippen LogP contribution in [-0.2, 0) is 30.1 Å². The van der Waals surface area contributed by atoms with Gasteiger partial charge in [0.2, 0.25) is 22.9 Å². The van der Waals surface area contributed by atoms with Crippen molar-refractivity contribution in [2.75, 3.05) is 6.61 Å². The van der Waals surface area contributed by atoms with E-state index >= 15 is 0 Å². The molecule has 5 atom stereocenters. The number of alkyl halides is 3. The van der Waals surface area contributed by atoms with Crippen molar-refractivity contribution in [2.24, 2.45) is 17.3 Å². The maximum atomic E-state index is 13.4. The first-order valence-corrected chi connectivity index (χ1v) is 8.53. The number of fused-ring (bicyclic) bond motifs is 2. The van der Waals surface area contributed by atoms with Crippen molar-refractivity contribution < 1.29 is 41.0 Å². The highest BCUT2D eigenvalue weighted by atomic mass is 32.2. The molecular weight excluding hydrogens is 353 g/mol. The van der Waals surface area contributed by atoms with Crippen molar-refractivity contribution in [3.8, 4) is 0 Å². The van der Waals surface area contributed by atoms with Crippen LogP contribution in [0.3, 0.4) is 0 Å². The van der Waals surface area contributed by atoms with Crippen LogP contribution in [-0.4, -0.2) is 44.3 Å². The summed E-state index contributed by atoms with van der Waals surface area (Å²) in [4.78, 5) is 24.5. The summed E-state index contributed by atoms with van der Waals surface area (Å²) in [5.74, 6) is -2.32. The second-order valence-corrected chi connectivity index (χ2v) is 7.84. The number of carbonyl (C=O) groups is 2. The van der Waals surface area contributed by atoms with Gasteiger partial charge in [-0.05, 0) is 25.7 Å². The summed E-state index contributed by atoms with van der Waals surface area (Å²) in [7, 11) is 0. The molecule has 2 rings (SSSR count). The Labute approximate surface area is 139 Å². The van der Waals surface area contributed by atoms with E-state index in [-0.39, 0.29) is 12.3 Å². The summed E-state index contributed by atoms with van der Waals surface area (Å²) in [5.41, 5.74) is -2.49. The highest BCUT2D eigenvalue weighted by Gasteiger charge is 2.72. The fourth-order valence-corrected chi connectivity index (χ4v) is 4.21. The fraction of sp³-hybridized carbons (Fsp3) is 0.857. The van der Waals surface area contributed by atoms with Gasteiger partial charge >= 0.3 is 17.2 Å². The first-order valence-electron chi connectivity index (χ1n) is 7.43. The van der Waals surface area contributed by atoms with Gasteiger partial charge in [-0.3, -0.25) is 4.79 Å². The first-order chi connectivity index (χ1) is 10.9. The molecule has 0 aromatic carbocycles. The fourth-order valence-electron chi connectivity index (χ4n) is 3.92. The quantitative estimate of drug-likeness (QED) is 0.567. The van der Waals surface area contributed by atoms with E-state index in [0.717, 1.165) is 0 Å². The Balaban J connectivity index is 2.15. The lowest BCUT2D eigenvalue weighted by Gasteiger charge is -2.30. The number of rotatable bonds is 6.